The predicted octanol–water partition coefficient (Wildman–Crippen LogP) is 3.30. The Balaban J connectivity index is 1.87. The molecule has 1 N–H and O–H groups in total. The highest BCUT2D eigenvalue weighted by atomic mass is 35.5. The van der Waals surface area contributed by atoms with Crippen LogP contribution in [0.15, 0.2) is 42.0 Å². The van der Waals surface area contributed by atoms with E-state index >= 15 is 0 Å². The molecule has 6 heteroatoms. The maximum Gasteiger partial charge on any atom is 0.273 e. The summed E-state index contributed by atoms with van der Waals surface area (Å²) >= 11 is 7.22. The minimum Gasteiger partial charge on any atom is -0.321 e. The molecule has 90 valence electrons. The number of imidazole rings is 1. The van der Waals surface area contributed by atoms with Crippen LogP contribution in [-0.4, -0.2) is 15.3 Å². The van der Waals surface area contributed by atoms with Crippen molar-refractivity contribution in [1.82, 2.24) is 9.38 Å². The molecule has 2 aromatic heterocycles. The van der Waals surface area contributed by atoms with E-state index in [1.54, 1.807) is 46.4 Å². The smallest absolute Gasteiger partial charge is 0.273 e. The second-order valence-electron chi connectivity index (χ2n) is 3.66. The van der Waals surface area contributed by atoms with E-state index < -0.39 is 0 Å². The first-order valence-electron chi connectivity index (χ1n) is 5.21. The van der Waals surface area contributed by atoms with Crippen LogP contribution in [0.2, 0.25) is 5.02 Å². The molecule has 4 nitrogen and oxygen atoms in total. The molecule has 0 bridgehead atoms. The molecule has 0 radical (unpaired) electrons. The van der Waals surface area contributed by atoms with Gasteiger partial charge in [0, 0.05) is 28.5 Å². The van der Waals surface area contributed by atoms with E-state index in [0.717, 1.165) is 4.96 Å². The van der Waals surface area contributed by atoms with Crippen molar-refractivity contribution in [3.63, 3.8) is 0 Å². The van der Waals surface area contributed by atoms with Gasteiger partial charge in [-0.15, -0.1) is 11.3 Å². The maximum absolute atomic E-state index is 12.1. The van der Waals surface area contributed by atoms with E-state index in [1.807, 2.05) is 0 Å². The summed E-state index contributed by atoms with van der Waals surface area (Å²) in [5.74, 6) is -0.165. The zero-order chi connectivity index (χ0) is 12.5. The number of hydrogen-bond acceptors (Lipinski definition) is 3. The van der Waals surface area contributed by atoms with Crippen LogP contribution in [0.4, 0.5) is 5.69 Å². The number of rotatable bonds is 2. The third-order valence-corrected chi connectivity index (χ3v) is 3.58. The van der Waals surface area contributed by atoms with E-state index in [2.05, 4.69) is 10.3 Å². The molecule has 0 aliphatic heterocycles. The Morgan fingerprint density at radius 3 is 2.89 bits per heavy atom. The second kappa shape index (κ2) is 4.44. The molecule has 0 atom stereocenters. The molecule has 3 aromatic rings. The molecular weight excluding hydrogens is 270 g/mol. The third-order valence-electron chi connectivity index (χ3n) is 2.48. The van der Waals surface area contributed by atoms with Gasteiger partial charge >= 0.3 is 0 Å². The molecule has 1 aromatic carbocycles. The Morgan fingerprint density at radius 2 is 2.11 bits per heavy atom. The molecule has 18 heavy (non-hydrogen) atoms. The van der Waals surface area contributed by atoms with Crippen molar-refractivity contribution in [2.75, 3.05) is 5.32 Å². The largest absolute Gasteiger partial charge is 0.321 e. The van der Waals surface area contributed by atoms with E-state index in [-0.39, 0.29) is 5.91 Å². The molecule has 0 spiro atoms. The van der Waals surface area contributed by atoms with Gasteiger partial charge in [0.1, 0.15) is 5.69 Å². The number of hydrogen-bond donors (Lipinski definition) is 1. The van der Waals surface area contributed by atoms with Crippen molar-refractivity contribution >= 4 is 39.5 Å². The van der Waals surface area contributed by atoms with Crippen molar-refractivity contribution < 1.29 is 4.79 Å². The minimum absolute atomic E-state index is 0.165. The van der Waals surface area contributed by atoms with E-state index in [4.69, 9.17) is 11.6 Å². The second-order valence-corrected chi connectivity index (χ2v) is 4.93. The topological polar surface area (TPSA) is 46.4 Å². The number of nitrogens with one attached hydrogen (secondary N) is 1. The highest BCUT2D eigenvalue weighted by Gasteiger charge is 2.12. The van der Waals surface area contributed by atoms with Gasteiger partial charge in [-0.2, -0.15) is 0 Å². The molecule has 0 aliphatic carbocycles. The quantitative estimate of drug-likeness (QED) is 0.781. The van der Waals surface area contributed by atoms with Gasteiger partial charge in [0.2, 0.25) is 0 Å². The van der Waals surface area contributed by atoms with Gasteiger partial charge < -0.3 is 5.32 Å². The van der Waals surface area contributed by atoms with Crippen LogP contribution >= 0.6 is 22.9 Å². The van der Waals surface area contributed by atoms with Crippen LogP contribution in [0.3, 0.4) is 0 Å². The Hall–Kier alpha value is -1.85. The van der Waals surface area contributed by atoms with Crippen molar-refractivity contribution in [3.05, 3.63) is 52.8 Å². The first kappa shape index (κ1) is 11.3. The Kier molecular flexibility index (Phi) is 2.77. The van der Waals surface area contributed by atoms with Crippen LogP contribution in [0.5, 0.6) is 0 Å². The first-order valence-corrected chi connectivity index (χ1v) is 6.47. The minimum atomic E-state index is -0.165. The highest BCUT2D eigenvalue weighted by molar-refractivity contribution is 7.15. The number of amides is 1. The molecule has 0 saturated carbocycles. The van der Waals surface area contributed by atoms with Gasteiger partial charge in [0.05, 0.1) is 0 Å². The molecular formula is C12H8ClN3OS. The number of nitrogens with zero attached hydrogens (tertiary/aromatic N) is 2. The van der Waals surface area contributed by atoms with Crippen molar-refractivity contribution in [2.45, 2.75) is 0 Å². The molecule has 0 aliphatic rings. The maximum atomic E-state index is 12.1. The number of halogens is 1. The third kappa shape index (κ3) is 1.98. The lowest BCUT2D eigenvalue weighted by molar-refractivity contribution is 0.102. The number of carbonyl (C=O) groups is 1. The van der Waals surface area contributed by atoms with Gasteiger partial charge in [-0.1, -0.05) is 11.6 Å². The number of carbonyl (C=O) groups excluding carboxylic acids is 1. The monoisotopic (exact) mass is 277 g/mol. The van der Waals surface area contributed by atoms with Crippen molar-refractivity contribution in [1.29, 1.82) is 0 Å². The summed E-state index contributed by atoms with van der Waals surface area (Å²) in [7, 11) is 0. The summed E-state index contributed by atoms with van der Waals surface area (Å²) in [6.07, 6.45) is 3.44. The predicted molar refractivity (Wildman–Crippen MR) is 72.5 cm³/mol. The van der Waals surface area contributed by atoms with Gasteiger partial charge in [0.15, 0.2) is 4.96 Å². The summed E-state index contributed by atoms with van der Waals surface area (Å²) in [6.45, 7) is 0. The molecule has 0 fully saturated rings. The average Bonchev–Trinajstić information content (AvgIpc) is 2.93. The van der Waals surface area contributed by atoms with Gasteiger partial charge in [-0.25, -0.2) is 4.98 Å². The number of anilines is 1. The van der Waals surface area contributed by atoms with Crippen LogP contribution in [0.25, 0.3) is 4.96 Å². The Labute approximate surface area is 112 Å². The number of fused-ring (bicyclic) bond motifs is 1. The SMILES string of the molecule is O=C(Nc1ccc(Cl)cc1)c1csc2nccn12. The molecule has 1 amide bonds. The standard InChI is InChI=1S/C12H8ClN3OS/c13-8-1-3-9(4-2-8)15-11(17)10-7-18-12-14-5-6-16(10)12/h1-7H,(H,15,17). The lowest BCUT2D eigenvalue weighted by Crippen LogP contribution is -2.13. The summed E-state index contributed by atoms with van der Waals surface area (Å²) in [4.78, 5) is 17.0. The van der Waals surface area contributed by atoms with Crippen LogP contribution in [0.1, 0.15) is 10.5 Å². The van der Waals surface area contributed by atoms with Gasteiger partial charge in [0.25, 0.3) is 5.91 Å². The van der Waals surface area contributed by atoms with E-state index in [1.165, 1.54) is 11.3 Å². The summed E-state index contributed by atoms with van der Waals surface area (Å²) < 4.78 is 1.76. The zero-order valence-corrected chi connectivity index (χ0v) is 10.7. The van der Waals surface area contributed by atoms with Gasteiger partial charge in [-0.3, -0.25) is 9.20 Å². The van der Waals surface area contributed by atoms with Gasteiger partial charge in [-0.05, 0) is 24.3 Å². The number of benzene rings is 1. The van der Waals surface area contributed by atoms with Crippen molar-refractivity contribution in [2.24, 2.45) is 0 Å². The van der Waals surface area contributed by atoms with E-state index in [9.17, 15) is 4.79 Å². The van der Waals surface area contributed by atoms with Crippen LogP contribution in [0, 0.1) is 0 Å². The summed E-state index contributed by atoms with van der Waals surface area (Å²) in [5.41, 5.74) is 1.28. The van der Waals surface area contributed by atoms with E-state index in [0.29, 0.717) is 16.4 Å². The van der Waals surface area contributed by atoms with Crippen LogP contribution < -0.4 is 5.32 Å². The molecule has 0 unspecified atom stereocenters. The Bertz CT molecular complexity index is 702. The zero-order valence-electron chi connectivity index (χ0n) is 9.13. The first-order chi connectivity index (χ1) is 8.74. The summed E-state index contributed by atoms with van der Waals surface area (Å²) in [5, 5.41) is 5.24. The Morgan fingerprint density at radius 1 is 1.33 bits per heavy atom. The van der Waals surface area contributed by atoms with Crippen LogP contribution in [-0.2, 0) is 0 Å². The number of aromatic nitrogens is 2. The normalized spacial score (nSPS) is 10.7. The fourth-order valence-electron chi connectivity index (χ4n) is 1.62. The molecule has 2 heterocycles. The lowest BCUT2D eigenvalue weighted by atomic mass is 10.3. The van der Waals surface area contributed by atoms with Crippen molar-refractivity contribution in [3.8, 4) is 0 Å². The number of thiazole rings is 1. The lowest BCUT2D eigenvalue weighted by Gasteiger charge is -2.04. The summed E-state index contributed by atoms with van der Waals surface area (Å²) in [6, 6.07) is 6.99. The average molecular weight is 278 g/mol. The molecule has 0 saturated heterocycles. The highest BCUT2D eigenvalue weighted by Crippen LogP contribution is 2.17. The fourth-order valence-corrected chi connectivity index (χ4v) is 2.57. The fraction of sp³-hybridized carbons (Fsp3) is 0. The molecule has 3 rings (SSSR count).